The number of halogens is 9. The molecule has 0 saturated heterocycles. The van der Waals surface area contributed by atoms with E-state index < -0.39 is 53.2 Å². The summed E-state index contributed by atoms with van der Waals surface area (Å²) < 4.78 is 134. The maximum Gasteiger partial charge on any atom is 0.430 e. The largest absolute Gasteiger partial charge is 0.755 e. The van der Waals surface area contributed by atoms with Crippen molar-refractivity contribution in [1.82, 2.24) is 0 Å². The minimum atomic E-state index is -6.18. The first-order chi connectivity index (χ1) is 11.0. The Balaban J connectivity index is 3.35. The highest BCUT2D eigenvalue weighted by molar-refractivity contribution is 7.80. The number of benzene rings is 1. The lowest BCUT2D eigenvalue weighted by atomic mass is 9.92. The predicted molar refractivity (Wildman–Crippen MR) is 64.8 cm³/mol. The van der Waals surface area contributed by atoms with Crippen molar-refractivity contribution in [3.63, 3.8) is 0 Å². The monoisotopic (exact) mass is 404 g/mol. The van der Waals surface area contributed by atoms with Gasteiger partial charge in [-0.05, 0) is 12.1 Å². The first kappa shape index (κ1) is 21.5. The minimum Gasteiger partial charge on any atom is -0.755 e. The van der Waals surface area contributed by atoms with Crippen molar-refractivity contribution in [2.75, 3.05) is 10.8 Å². The van der Waals surface area contributed by atoms with Crippen molar-refractivity contribution in [2.24, 2.45) is 0 Å². The fourth-order valence-corrected chi connectivity index (χ4v) is 2.30. The quantitative estimate of drug-likeness (QED) is 0.620. The lowest BCUT2D eigenvalue weighted by molar-refractivity contribution is -0.376. The molecule has 1 aromatic rings. The Labute approximate surface area is 136 Å². The van der Waals surface area contributed by atoms with Crippen LogP contribution >= 0.6 is 0 Å². The number of hydrogen-bond acceptors (Lipinski definition) is 3. The van der Waals surface area contributed by atoms with Crippen molar-refractivity contribution < 1.29 is 53.4 Å². The highest BCUT2D eigenvalue weighted by Gasteiger charge is 2.71. The second-order valence-electron chi connectivity index (χ2n) is 4.62. The zero-order chi connectivity index (χ0) is 19.8. The SMILES string of the molecule is O=S([O-])N(CC(F)(F)F)c1ccc(C(O)(C(F)(F)F)C(F)(F)F)cc1. The number of anilines is 1. The number of nitrogens with zero attached hydrogens (tertiary/aromatic N) is 1. The second-order valence-corrected chi connectivity index (χ2v) is 5.50. The van der Waals surface area contributed by atoms with Crippen LogP contribution in [0, 0.1) is 0 Å². The Morgan fingerprint density at radius 2 is 1.32 bits per heavy atom. The van der Waals surface area contributed by atoms with Gasteiger partial charge in [0.2, 0.25) is 0 Å². The average molecular weight is 404 g/mol. The van der Waals surface area contributed by atoms with E-state index in [1.54, 1.807) is 0 Å². The fraction of sp³-hybridized carbons (Fsp3) is 0.455. The van der Waals surface area contributed by atoms with Gasteiger partial charge in [0.25, 0.3) is 5.60 Å². The third-order valence-corrected chi connectivity index (χ3v) is 3.60. The highest BCUT2D eigenvalue weighted by atomic mass is 32.2. The molecule has 1 unspecified atom stereocenters. The van der Waals surface area contributed by atoms with Gasteiger partial charge in [-0.3, -0.25) is 8.51 Å². The van der Waals surface area contributed by atoms with Crippen LogP contribution in [0.4, 0.5) is 45.2 Å². The van der Waals surface area contributed by atoms with Gasteiger partial charge in [0.15, 0.2) is 0 Å². The van der Waals surface area contributed by atoms with Crippen LogP contribution in [0.1, 0.15) is 5.56 Å². The molecule has 0 fully saturated rings. The van der Waals surface area contributed by atoms with Crippen LogP contribution in [0.2, 0.25) is 0 Å². The van der Waals surface area contributed by atoms with Gasteiger partial charge in [-0.15, -0.1) is 0 Å². The molecule has 144 valence electrons. The second kappa shape index (κ2) is 6.64. The van der Waals surface area contributed by atoms with Gasteiger partial charge in [-0.1, -0.05) is 12.1 Å². The summed E-state index contributed by atoms with van der Waals surface area (Å²) in [5.41, 5.74) is -7.86. The summed E-state index contributed by atoms with van der Waals surface area (Å²) in [6.45, 7) is -2.05. The summed E-state index contributed by atoms with van der Waals surface area (Å²) in [6, 6.07) is 0.623. The summed E-state index contributed by atoms with van der Waals surface area (Å²) in [6.07, 6.45) is -17.4. The molecule has 14 heteroatoms. The van der Waals surface area contributed by atoms with Gasteiger partial charge >= 0.3 is 18.5 Å². The normalized spacial score (nSPS) is 15.2. The molecule has 1 N–H and O–H groups in total. The van der Waals surface area contributed by atoms with E-state index in [0.717, 1.165) is 0 Å². The van der Waals surface area contributed by atoms with E-state index in [-0.39, 0.29) is 28.6 Å². The molecule has 0 saturated carbocycles. The highest BCUT2D eigenvalue weighted by Crippen LogP contribution is 2.50. The van der Waals surface area contributed by atoms with Crippen LogP contribution in [0.5, 0.6) is 0 Å². The minimum absolute atomic E-state index is 0.0343. The molecule has 1 rings (SSSR count). The molecule has 0 aliphatic heterocycles. The molecule has 0 spiro atoms. The van der Waals surface area contributed by atoms with Gasteiger partial charge in [-0.25, -0.2) is 0 Å². The van der Waals surface area contributed by atoms with E-state index in [9.17, 15) is 48.3 Å². The first-order valence-electron chi connectivity index (χ1n) is 5.91. The van der Waals surface area contributed by atoms with Crippen LogP contribution in [-0.4, -0.2) is 38.9 Å². The van der Waals surface area contributed by atoms with E-state index in [4.69, 9.17) is 5.11 Å². The van der Waals surface area contributed by atoms with Crippen LogP contribution in [0.25, 0.3) is 0 Å². The zero-order valence-electron chi connectivity index (χ0n) is 11.5. The molecule has 0 bridgehead atoms. The van der Waals surface area contributed by atoms with Gasteiger partial charge in [0, 0.05) is 22.5 Å². The Morgan fingerprint density at radius 1 is 0.920 bits per heavy atom. The third-order valence-electron chi connectivity index (χ3n) is 2.90. The number of rotatable bonds is 4. The van der Waals surface area contributed by atoms with Gasteiger partial charge in [-0.2, -0.15) is 39.5 Å². The van der Waals surface area contributed by atoms with Crippen molar-refractivity contribution >= 4 is 17.0 Å². The van der Waals surface area contributed by atoms with Crippen LogP contribution in [0.15, 0.2) is 24.3 Å². The van der Waals surface area contributed by atoms with E-state index in [1.807, 2.05) is 0 Å². The first-order valence-corrected chi connectivity index (χ1v) is 6.94. The molecule has 1 atom stereocenters. The maximum atomic E-state index is 12.7. The van der Waals surface area contributed by atoms with E-state index in [1.165, 1.54) is 0 Å². The smallest absolute Gasteiger partial charge is 0.430 e. The van der Waals surface area contributed by atoms with Crippen molar-refractivity contribution in [3.05, 3.63) is 29.8 Å². The van der Waals surface area contributed by atoms with Crippen molar-refractivity contribution in [3.8, 4) is 0 Å². The molecule has 0 aromatic heterocycles. The van der Waals surface area contributed by atoms with Crippen molar-refractivity contribution in [1.29, 1.82) is 0 Å². The standard InChI is InChI=1S/C11H8F9NO3S/c12-8(13,14)5-21(25(23)24)7-3-1-6(2-4-7)9(22,10(15,16)17)11(18,19)20/h1-4,22H,5H2,(H,23,24)/p-1. The van der Waals surface area contributed by atoms with Gasteiger partial charge in [0.05, 0.1) is 0 Å². The molecular formula is C11H7F9NO3S-. The summed E-state index contributed by atoms with van der Waals surface area (Å²) in [5, 5.41) is 9.12. The Kier molecular flexibility index (Phi) is 5.71. The molecule has 0 aliphatic rings. The zero-order valence-corrected chi connectivity index (χ0v) is 12.4. The van der Waals surface area contributed by atoms with Crippen molar-refractivity contribution in [2.45, 2.75) is 24.1 Å². The molecule has 0 heterocycles. The fourth-order valence-electron chi connectivity index (χ4n) is 1.75. The van der Waals surface area contributed by atoms with E-state index >= 15 is 0 Å². The molecule has 4 nitrogen and oxygen atoms in total. The molecule has 0 radical (unpaired) electrons. The van der Waals surface area contributed by atoms with E-state index in [2.05, 4.69) is 0 Å². The summed E-state index contributed by atoms with van der Waals surface area (Å²) >= 11 is -3.51. The Hall–Kier alpha value is -1.54. The Morgan fingerprint density at radius 3 is 1.60 bits per heavy atom. The molecular weight excluding hydrogens is 397 g/mol. The molecule has 1 aromatic carbocycles. The van der Waals surface area contributed by atoms with Crippen LogP contribution in [0.3, 0.4) is 0 Å². The Bertz CT molecular complexity index is 610. The van der Waals surface area contributed by atoms with Crippen LogP contribution < -0.4 is 4.31 Å². The van der Waals surface area contributed by atoms with Gasteiger partial charge < -0.3 is 9.66 Å². The average Bonchev–Trinajstić information content (AvgIpc) is 2.40. The molecule has 0 amide bonds. The topological polar surface area (TPSA) is 63.6 Å². The number of hydrogen-bond donors (Lipinski definition) is 1. The van der Waals surface area contributed by atoms with Crippen LogP contribution in [-0.2, 0) is 16.9 Å². The number of alkyl halides is 9. The lowest BCUT2D eigenvalue weighted by Gasteiger charge is -2.33. The molecule has 0 aliphatic carbocycles. The third kappa shape index (κ3) is 4.55. The lowest BCUT2D eigenvalue weighted by Crippen LogP contribution is -2.53. The predicted octanol–water partition coefficient (Wildman–Crippen LogP) is 3.16. The summed E-state index contributed by atoms with van der Waals surface area (Å²) in [5.74, 6) is 0. The molecule has 25 heavy (non-hydrogen) atoms. The maximum absolute atomic E-state index is 12.7. The number of aliphatic hydroxyl groups is 1. The summed E-state index contributed by atoms with van der Waals surface area (Å²) in [4.78, 5) is 0. The van der Waals surface area contributed by atoms with Gasteiger partial charge in [0.1, 0.15) is 6.54 Å². The summed E-state index contributed by atoms with van der Waals surface area (Å²) in [7, 11) is 0. The van der Waals surface area contributed by atoms with E-state index in [0.29, 0.717) is 0 Å².